The molecule has 188 valence electrons. The summed E-state index contributed by atoms with van der Waals surface area (Å²) in [7, 11) is 0. The number of amides is 1. The molecule has 9 heteroatoms. The number of piperazine rings is 1. The molecule has 0 radical (unpaired) electrons. The molecular weight excluding hydrogens is 500 g/mol. The van der Waals surface area contributed by atoms with Crippen molar-refractivity contribution in [1.29, 1.82) is 5.26 Å². The van der Waals surface area contributed by atoms with Crippen LogP contribution in [0.25, 0.3) is 10.1 Å². The summed E-state index contributed by atoms with van der Waals surface area (Å²) in [4.78, 5) is 24.7. The van der Waals surface area contributed by atoms with Crippen LogP contribution in [-0.4, -0.2) is 64.3 Å². The third-order valence-corrected chi connectivity index (χ3v) is 9.22. The highest BCUT2D eigenvalue weighted by molar-refractivity contribution is 7.13. The van der Waals surface area contributed by atoms with Crippen LogP contribution in [-0.2, 0) is 6.54 Å². The summed E-state index contributed by atoms with van der Waals surface area (Å²) < 4.78 is 5.88. The van der Waals surface area contributed by atoms with E-state index in [-0.39, 0.29) is 5.91 Å². The van der Waals surface area contributed by atoms with E-state index >= 15 is 0 Å². The molecule has 0 N–H and O–H groups in total. The first-order valence-corrected chi connectivity index (χ1v) is 14.4. The number of fused-ring (bicyclic) bond motifs is 1. The van der Waals surface area contributed by atoms with Gasteiger partial charge in [0.15, 0.2) is 0 Å². The first-order valence-electron chi connectivity index (χ1n) is 12.7. The van der Waals surface area contributed by atoms with Gasteiger partial charge < -0.3 is 9.80 Å². The van der Waals surface area contributed by atoms with Crippen molar-refractivity contribution in [2.75, 3.05) is 44.2 Å². The molecule has 0 bridgehead atoms. The van der Waals surface area contributed by atoms with Crippen molar-refractivity contribution in [3.05, 3.63) is 75.7 Å². The minimum Gasteiger partial charge on any atom is -0.352 e. The maximum absolute atomic E-state index is 13.2. The smallest absolute Gasteiger partial charge is 0.273 e. The van der Waals surface area contributed by atoms with Crippen LogP contribution in [0.1, 0.15) is 45.4 Å². The van der Waals surface area contributed by atoms with Gasteiger partial charge in [-0.2, -0.15) is 9.64 Å². The largest absolute Gasteiger partial charge is 0.352 e. The molecule has 0 atom stereocenters. The quantitative estimate of drug-likeness (QED) is 0.364. The molecule has 2 aliphatic heterocycles. The maximum atomic E-state index is 13.2. The lowest BCUT2D eigenvalue weighted by molar-refractivity contribution is 0.0741. The Morgan fingerprint density at radius 3 is 2.51 bits per heavy atom. The lowest BCUT2D eigenvalue weighted by Gasteiger charge is -2.34. The van der Waals surface area contributed by atoms with Crippen molar-refractivity contribution >= 4 is 44.7 Å². The monoisotopic (exact) mass is 528 g/mol. The summed E-state index contributed by atoms with van der Waals surface area (Å²) in [6, 6.07) is 18.4. The Kier molecular flexibility index (Phi) is 6.87. The fraction of sp³-hybridized carbons (Fsp3) is 0.357. The second kappa shape index (κ2) is 10.6. The number of rotatable bonds is 5. The van der Waals surface area contributed by atoms with E-state index in [1.807, 2.05) is 40.6 Å². The predicted molar refractivity (Wildman–Crippen MR) is 148 cm³/mol. The van der Waals surface area contributed by atoms with E-state index in [2.05, 4.69) is 38.4 Å². The Labute approximate surface area is 224 Å². The van der Waals surface area contributed by atoms with Crippen LogP contribution in [0.3, 0.4) is 0 Å². The molecule has 0 spiro atoms. The third kappa shape index (κ3) is 5.10. The molecule has 2 aliphatic rings. The number of hydrogen-bond donors (Lipinski definition) is 0. The van der Waals surface area contributed by atoms with E-state index in [4.69, 9.17) is 10.2 Å². The minimum absolute atomic E-state index is 0.0449. The number of aromatic nitrogens is 2. The van der Waals surface area contributed by atoms with Crippen molar-refractivity contribution < 1.29 is 4.79 Å². The standard InChI is InChI=1S/C28H28N6OS2/c29-17-20-5-7-21(8-6-20)18-32-11-9-22(10-12-32)27-30-24(19-36-27)28(35)34-15-13-33(14-16-34)26-23-3-1-2-4-25(23)37-31-26/h1-8,19,22H,9-16,18H2. The van der Waals surface area contributed by atoms with Gasteiger partial charge in [-0.25, -0.2) is 4.98 Å². The van der Waals surface area contributed by atoms with Crippen molar-refractivity contribution in [3.63, 3.8) is 0 Å². The van der Waals surface area contributed by atoms with Crippen LogP contribution in [0.2, 0.25) is 0 Å². The molecule has 0 unspecified atom stereocenters. The molecule has 2 saturated heterocycles. The molecule has 6 rings (SSSR count). The number of carbonyl (C=O) groups excluding carboxylic acids is 1. The van der Waals surface area contributed by atoms with Gasteiger partial charge in [-0.3, -0.25) is 9.69 Å². The van der Waals surface area contributed by atoms with Gasteiger partial charge in [0, 0.05) is 49.4 Å². The first-order chi connectivity index (χ1) is 18.2. The number of likely N-dealkylation sites (tertiary alicyclic amines) is 1. The SMILES string of the molecule is N#Cc1ccc(CN2CCC(c3nc(C(=O)N4CCN(c5nsc6ccccc56)CC4)cs3)CC2)cc1. The number of nitriles is 1. The molecular formula is C28H28N6OS2. The van der Waals surface area contributed by atoms with Crippen LogP contribution in [0, 0.1) is 11.3 Å². The van der Waals surface area contributed by atoms with Crippen LogP contribution in [0.5, 0.6) is 0 Å². The molecule has 2 aromatic carbocycles. The highest BCUT2D eigenvalue weighted by atomic mass is 32.1. The third-order valence-electron chi connectivity index (χ3n) is 7.39. The predicted octanol–water partition coefficient (Wildman–Crippen LogP) is 4.97. The van der Waals surface area contributed by atoms with Crippen molar-refractivity contribution in [2.45, 2.75) is 25.3 Å². The summed E-state index contributed by atoms with van der Waals surface area (Å²) in [5.41, 5.74) is 2.53. The van der Waals surface area contributed by atoms with Crippen molar-refractivity contribution in [2.24, 2.45) is 0 Å². The number of thiazole rings is 1. The maximum Gasteiger partial charge on any atom is 0.273 e. The van der Waals surface area contributed by atoms with Gasteiger partial charge >= 0.3 is 0 Å². The summed E-state index contributed by atoms with van der Waals surface area (Å²) in [6.45, 7) is 5.88. The van der Waals surface area contributed by atoms with Crippen LogP contribution in [0.15, 0.2) is 53.9 Å². The molecule has 4 aromatic rings. The number of nitrogens with zero attached hydrogens (tertiary/aromatic N) is 6. The topological polar surface area (TPSA) is 76.4 Å². The second-order valence-electron chi connectivity index (χ2n) is 9.71. The molecule has 2 fully saturated rings. The van der Waals surface area contributed by atoms with E-state index in [1.165, 1.54) is 27.2 Å². The molecule has 7 nitrogen and oxygen atoms in total. The van der Waals surface area contributed by atoms with Crippen LogP contribution >= 0.6 is 22.9 Å². The lowest BCUT2D eigenvalue weighted by Crippen LogP contribution is -2.49. The zero-order chi connectivity index (χ0) is 25.2. The summed E-state index contributed by atoms with van der Waals surface area (Å²) >= 11 is 3.17. The Bertz CT molecular complexity index is 1420. The van der Waals surface area contributed by atoms with Crippen molar-refractivity contribution in [1.82, 2.24) is 19.2 Å². The van der Waals surface area contributed by atoms with Gasteiger partial charge in [0.2, 0.25) is 0 Å². The first kappa shape index (κ1) is 24.0. The van der Waals surface area contributed by atoms with Crippen LogP contribution in [0.4, 0.5) is 5.82 Å². The molecule has 37 heavy (non-hydrogen) atoms. The van der Waals surface area contributed by atoms with Crippen LogP contribution < -0.4 is 4.90 Å². The molecule has 2 aromatic heterocycles. The number of piperidine rings is 1. The Balaban J connectivity index is 1.02. The number of carbonyl (C=O) groups is 1. The summed E-state index contributed by atoms with van der Waals surface area (Å²) in [5, 5.41) is 13.2. The Hall–Kier alpha value is -3.32. The average Bonchev–Trinajstić information content (AvgIpc) is 3.62. The van der Waals surface area contributed by atoms with Gasteiger partial charge in [0.1, 0.15) is 11.5 Å². The molecule has 1 amide bonds. The molecule has 4 heterocycles. The normalized spacial score (nSPS) is 17.3. The van der Waals surface area contributed by atoms with Gasteiger partial charge in [0.05, 0.1) is 21.3 Å². The lowest BCUT2D eigenvalue weighted by atomic mass is 9.97. The zero-order valence-electron chi connectivity index (χ0n) is 20.5. The van der Waals surface area contributed by atoms with Gasteiger partial charge in [0.25, 0.3) is 5.91 Å². The fourth-order valence-corrected chi connectivity index (χ4v) is 7.00. The average molecular weight is 529 g/mol. The summed E-state index contributed by atoms with van der Waals surface area (Å²) in [6.07, 6.45) is 2.11. The number of anilines is 1. The van der Waals surface area contributed by atoms with Crippen molar-refractivity contribution in [3.8, 4) is 6.07 Å². The van der Waals surface area contributed by atoms with E-state index in [9.17, 15) is 4.79 Å². The molecule has 0 saturated carbocycles. The number of hydrogen-bond acceptors (Lipinski definition) is 8. The Morgan fingerprint density at radius 2 is 1.76 bits per heavy atom. The van der Waals surface area contributed by atoms with E-state index < -0.39 is 0 Å². The highest BCUT2D eigenvalue weighted by Gasteiger charge is 2.28. The summed E-state index contributed by atoms with van der Waals surface area (Å²) in [5.74, 6) is 1.50. The highest BCUT2D eigenvalue weighted by Crippen LogP contribution is 2.32. The Morgan fingerprint density at radius 1 is 1.00 bits per heavy atom. The van der Waals surface area contributed by atoms with Gasteiger partial charge in [-0.1, -0.05) is 24.3 Å². The van der Waals surface area contributed by atoms with E-state index in [1.54, 1.807) is 11.3 Å². The van der Waals surface area contributed by atoms with Gasteiger partial charge in [-0.05, 0) is 67.3 Å². The van der Waals surface area contributed by atoms with E-state index in [0.29, 0.717) is 30.3 Å². The zero-order valence-corrected chi connectivity index (χ0v) is 22.2. The number of benzene rings is 2. The minimum atomic E-state index is 0.0449. The fourth-order valence-electron chi connectivity index (χ4n) is 5.24. The van der Waals surface area contributed by atoms with Gasteiger partial charge in [-0.15, -0.1) is 11.3 Å². The molecule has 0 aliphatic carbocycles. The second-order valence-corrected chi connectivity index (χ2v) is 11.4. The van der Waals surface area contributed by atoms with E-state index in [0.717, 1.165) is 56.4 Å².